The molecule has 106 valence electrons. The predicted molar refractivity (Wildman–Crippen MR) is 79.4 cm³/mol. The van der Waals surface area contributed by atoms with E-state index in [-0.39, 0.29) is 6.04 Å². The number of nitrogens with two attached hydrogens (primary N) is 1. The summed E-state index contributed by atoms with van der Waals surface area (Å²) >= 11 is 12.1. The van der Waals surface area contributed by atoms with Crippen LogP contribution >= 0.6 is 23.2 Å². The fourth-order valence-electron chi connectivity index (χ4n) is 2.55. The summed E-state index contributed by atoms with van der Waals surface area (Å²) in [4.78, 5) is 0. The maximum Gasteiger partial charge on any atom is 0.0468 e. The van der Waals surface area contributed by atoms with Crippen molar-refractivity contribution in [3.05, 3.63) is 33.8 Å². The second-order valence-corrected chi connectivity index (χ2v) is 5.94. The van der Waals surface area contributed by atoms with E-state index in [1.54, 1.807) is 6.07 Å². The molecule has 1 atom stereocenters. The van der Waals surface area contributed by atoms with Crippen LogP contribution in [0.15, 0.2) is 18.2 Å². The number of rotatable bonds is 5. The topological polar surface area (TPSA) is 47.3 Å². The van der Waals surface area contributed by atoms with E-state index in [0.29, 0.717) is 16.0 Å². The lowest BCUT2D eigenvalue weighted by molar-refractivity contribution is 0.0605. The number of hydrogen-bond donors (Lipinski definition) is 2. The van der Waals surface area contributed by atoms with E-state index >= 15 is 0 Å². The van der Waals surface area contributed by atoms with E-state index in [2.05, 4.69) is 5.43 Å². The lowest BCUT2D eigenvalue weighted by Gasteiger charge is -2.26. The Kier molecular flexibility index (Phi) is 5.92. The summed E-state index contributed by atoms with van der Waals surface area (Å²) < 4.78 is 5.38. The Morgan fingerprint density at radius 1 is 1.32 bits per heavy atom. The zero-order valence-electron chi connectivity index (χ0n) is 10.9. The van der Waals surface area contributed by atoms with E-state index in [1.165, 1.54) is 0 Å². The molecule has 1 fully saturated rings. The van der Waals surface area contributed by atoms with Gasteiger partial charge in [-0.05, 0) is 49.3 Å². The summed E-state index contributed by atoms with van der Waals surface area (Å²) in [6.07, 6.45) is 4.11. The van der Waals surface area contributed by atoms with Crippen molar-refractivity contribution in [3.8, 4) is 0 Å². The molecule has 0 radical (unpaired) electrons. The summed E-state index contributed by atoms with van der Waals surface area (Å²) in [7, 11) is 0. The van der Waals surface area contributed by atoms with Gasteiger partial charge < -0.3 is 4.74 Å². The van der Waals surface area contributed by atoms with E-state index in [9.17, 15) is 0 Å². The molecule has 3 nitrogen and oxygen atoms in total. The smallest absolute Gasteiger partial charge is 0.0468 e. The quantitative estimate of drug-likeness (QED) is 0.649. The van der Waals surface area contributed by atoms with Crippen molar-refractivity contribution in [2.75, 3.05) is 13.2 Å². The lowest BCUT2D eigenvalue weighted by Crippen LogP contribution is -2.39. The van der Waals surface area contributed by atoms with Crippen LogP contribution in [0.25, 0.3) is 0 Å². The van der Waals surface area contributed by atoms with Crippen molar-refractivity contribution >= 4 is 23.2 Å². The third kappa shape index (κ3) is 4.62. The predicted octanol–water partition coefficient (Wildman–Crippen LogP) is 3.18. The van der Waals surface area contributed by atoms with E-state index in [4.69, 9.17) is 33.8 Å². The van der Waals surface area contributed by atoms with E-state index < -0.39 is 0 Å². The molecule has 5 heteroatoms. The Balaban J connectivity index is 1.94. The minimum absolute atomic E-state index is 0.238. The van der Waals surface area contributed by atoms with Crippen LogP contribution < -0.4 is 11.3 Å². The Hall–Kier alpha value is -0.320. The maximum absolute atomic E-state index is 6.20. The molecular weight excluding hydrogens is 283 g/mol. The molecule has 1 saturated heterocycles. The molecule has 19 heavy (non-hydrogen) atoms. The van der Waals surface area contributed by atoms with Gasteiger partial charge in [0, 0.05) is 29.3 Å². The van der Waals surface area contributed by atoms with Crippen molar-refractivity contribution in [3.63, 3.8) is 0 Å². The maximum atomic E-state index is 6.20. The Bertz CT molecular complexity index is 408. The average Bonchev–Trinajstić information content (AvgIpc) is 2.42. The van der Waals surface area contributed by atoms with Crippen LogP contribution in [0.5, 0.6) is 0 Å². The molecule has 0 aromatic heterocycles. The zero-order chi connectivity index (χ0) is 13.7. The van der Waals surface area contributed by atoms with Crippen LogP contribution in [0, 0.1) is 5.92 Å². The molecule has 0 saturated carbocycles. The van der Waals surface area contributed by atoms with Gasteiger partial charge in [0.25, 0.3) is 0 Å². The summed E-state index contributed by atoms with van der Waals surface area (Å²) in [6, 6.07) is 5.85. The third-order valence-corrected chi connectivity index (χ3v) is 4.26. The second kappa shape index (κ2) is 7.46. The third-order valence-electron chi connectivity index (χ3n) is 3.68. The average molecular weight is 303 g/mol. The molecule has 1 aliphatic heterocycles. The molecule has 1 aromatic carbocycles. The zero-order valence-corrected chi connectivity index (χ0v) is 12.4. The number of halogens is 2. The van der Waals surface area contributed by atoms with Crippen molar-refractivity contribution in [2.45, 2.75) is 31.7 Å². The highest BCUT2D eigenvalue weighted by Crippen LogP contribution is 2.25. The first-order valence-electron chi connectivity index (χ1n) is 6.67. The Morgan fingerprint density at radius 2 is 2.05 bits per heavy atom. The molecule has 1 aliphatic rings. The van der Waals surface area contributed by atoms with Crippen LogP contribution in [0.4, 0.5) is 0 Å². The highest BCUT2D eigenvalue weighted by molar-refractivity contribution is 6.35. The van der Waals surface area contributed by atoms with Crippen molar-refractivity contribution < 1.29 is 4.74 Å². The summed E-state index contributed by atoms with van der Waals surface area (Å²) in [6.45, 7) is 1.73. The standard InChI is InChI=1S/C14H20Cl2N2O/c15-12-2-1-11(14(16)9-12)8-13(18-17)7-10-3-5-19-6-4-10/h1-2,9-10,13,18H,3-8,17H2. The van der Waals surface area contributed by atoms with Crippen molar-refractivity contribution in [1.29, 1.82) is 0 Å². The van der Waals surface area contributed by atoms with Crippen LogP contribution in [-0.4, -0.2) is 19.3 Å². The monoisotopic (exact) mass is 302 g/mol. The first kappa shape index (κ1) is 15.1. The molecule has 3 N–H and O–H groups in total. The second-order valence-electron chi connectivity index (χ2n) is 5.09. The van der Waals surface area contributed by atoms with E-state index in [0.717, 1.165) is 44.5 Å². The molecule has 1 heterocycles. The summed E-state index contributed by atoms with van der Waals surface area (Å²) in [5.41, 5.74) is 3.99. The fraction of sp³-hybridized carbons (Fsp3) is 0.571. The van der Waals surface area contributed by atoms with Crippen LogP contribution in [0.1, 0.15) is 24.8 Å². The van der Waals surface area contributed by atoms with Gasteiger partial charge in [-0.25, -0.2) is 0 Å². The molecule has 1 unspecified atom stereocenters. The molecule has 0 aliphatic carbocycles. The van der Waals surface area contributed by atoms with Crippen molar-refractivity contribution in [2.24, 2.45) is 11.8 Å². The van der Waals surface area contributed by atoms with Crippen LogP contribution in [0.3, 0.4) is 0 Å². The summed E-state index contributed by atoms with van der Waals surface area (Å²) in [5.74, 6) is 6.35. The minimum Gasteiger partial charge on any atom is -0.381 e. The molecule has 1 aromatic rings. The minimum atomic E-state index is 0.238. The van der Waals surface area contributed by atoms with Gasteiger partial charge in [0.1, 0.15) is 0 Å². The van der Waals surface area contributed by atoms with Gasteiger partial charge in [-0.15, -0.1) is 0 Å². The molecule has 2 rings (SSSR count). The molecule has 0 amide bonds. The normalized spacial score (nSPS) is 18.5. The first-order valence-corrected chi connectivity index (χ1v) is 7.42. The number of hydrazine groups is 1. The van der Waals surface area contributed by atoms with Gasteiger partial charge >= 0.3 is 0 Å². The van der Waals surface area contributed by atoms with Crippen LogP contribution in [0.2, 0.25) is 10.0 Å². The van der Waals surface area contributed by atoms with Crippen LogP contribution in [-0.2, 0) is 11.2 Å². The highest BCUT2D eigenvalue weighted by Gasteiger charge is 2.19. The van der Waals surface area contributed by atoms with E-state index in [1.807, 2.05) is 12.1 Å². The molecule has 0 spiro atoms. The molecular formula is C14H20Cl2N2O. The molecule has 0 bridgehead atoms. The highest BCUT2D eigenvalue weighted by atomic mass is 35.5. The Morgan fingerprint density at radius 3 is 2.68 bits per heavy atom. The fourth-order valence-corrected chi connectivity index (χ4v) is 3.03. The van der Waals surface area contributed by atoms with Gasteiger partial charge in [0.05, 0.1) is 0 Å². The van der Waals surface area contributed by atoms with Gasteiger partial charge in [-0.2, -0.15) is 0 Å². The lowest BCUT2D eigenvalue weighted by atomic mass is 9.90. The van der Waals surface area contributed by atoms with Gasteiger partial charge in [0.15, 0.2) is 0 Å². The van der Waals surface area contributed by atoms with Gasteiger partial charge in [-0.3, -0.25) is 11.3 Å². The number of ether oxygens (including phenoxy) is 1. The largest absolute Gasteiger partial charge is 0.381 e. The summed E-state index contributed by atoms with van der Waals surface area (Å²) in [5, 5.41) is 1.37. The first-order chi connectivity index (χ1) is 9.19. The number of nitrogens with one attached hydrogen (secondary N) is 1. The number of hydrogen-bond acceptors (Lipinski definition) is 3. The van der Waals surface area contributed by atoms with Gasteiger partial charge in [0.2, 0.25) is 0 Å². The van der Waals surface area contributed by atoms with Gasteiger partial charge in [-0.1, -0.05) is 29.3 Å². The number of benzene rings is 1. The van der Waals surface area contributed by atoms with Crippen molar-refractivity contribution in [1.82, 2.24) is 5.43 Å². The SMILES string of the molecule is NNC(Cc1ccc(Cl)cc1Cl)CC1CCOCC1. The Labute approximate surface area is 124 Å².